The highest BCUT2D eigenvalue weighted by Crippen LogP contribution is 2.57. The molecule has 0 radical (unpaired) electrons. The highest BCUT2D eigenvalue weighted by molar-refractivity contribution is 5.76. The highest BCUT2D eigenvalue weighted by Gasteiger charge is 2.50. The molecule has 0 fully saturated rings. The fraction of sp³-hybridized carbons (Fsp3) is 0.474. The molecule has 0 amide bonds. The number of hydrogen-bond donors (Lipinski definition) is 2. The summed E-state index contributed by atoms with van der Waals surface area (Å²) in [5.41, 5.74) is 6.92. The maximum absolute atomic E-state index is 10.4. The van der Waals surface area contributed by atoms with Gasteiger partial charge in [-0.2, -0.15) is 0 Å². The Morgan fingerprint density at radius 3 is 2.81 bits per heavy atom. The zero-order valence-corrected chi connectivity index (χ0v) is 12.7. The molecule has 21 heavy (non-hydrogen) atoms. The van der Waals surface area contributed by atoms with Gasteiger partial charge in [-0.15, -0.1) is 0 Å². The summed E-state index contributed by atoms with van der Waals surface area (Å²) in [4.78, 5) is 0. The summed E-state index contributed by atoms with van der Waals surface area (Å²) in [5.74, 6) is 0.768. The number of rotatable bonds is 0. The second-order valence-corrected chi connectivity index (χ2v) is 7.14. The Labute approximate surface area is 125 Å². The Morgan fingerprint density at radius 1 is 1.19 bits per heavy atom. The third-order valence-electron chi connectivity index (χ3n) is 5.94. The van der Waals surface area contributed by atoms with E-state index in [1.54, 1.807) is 6.07 Å². The average molecular weight is 282 g/mol. The van der Waals surface area contributed by atoms with Crippen LogP contribution < -0.4 is 0 Å². The molecule has 1 aromatic carbocycles. The molecule has 0 aliphatic heterocycles. The minimum absolute atomic E-state index is 0.0165. The highest BCUT2D eigenvalue weighted by atomic mass is 16.3. The molecule has 3 aliphatic rings. The van der Waals surface area contributed by atoms with Crippen LogP contribution in [0.2, 0.25) is 0 Å². The first kappa shape index (κ1) is 13.1. The number of fused-ring (bicyclic) bond motifs is 4. The lowest BCUT2D eigenvalue weighted by Crippen LogP contribution is -2.38. The van der Waals surface area contributed by atoms with Crippen LogP contribution in [-0.2, 0) is 6.42 Å². The lowest BCUT2D eigenvalue weighted by atomic mass is 9.61. The van der Waals surface area contributed by atoms with E-state index in [1.165, 1.54) is 27.8 Å². The molecule has 2 heteroatoms. The van der Waals surface area contributed by atoms with Gasteiger partial charge >= 0.3 is 0 Å². The number of allylic oxidation sites excluding steroid dienone is 3. The van der Waals surface area contributed by atoms with Crippen LogP contribution >= 0.6 is 0 Å². The van der Waals surface area contributed by atoms with E-state index in [0.29, 0.717) is 11.7 Å². The molecular formula is C19H22O2. The van der Waals surface area contributed by atoms with Gasteiger partial charge in [0.15, 0.2) is 0 Å². The molecule has 0 saturated heterocycles. The maximum Gasteiger partial charge on any atom is 0.115 e. The van der Waals surface area contributed by atoms with E-state index in [-0.39, 0.29) is 11.5 Å². The summed E-state index contributed by atoms with van der Waals surface area (Å²) < 4.78 is 0. The van der Waals surface area contributed by atoms with Gasteiger partial charge in [0, 0.05) is 11.3 Å². The van der Waals surface area contributed by atoms with Crippen LogP contribution in [0.25, 0.3) is 5.57 Å². The van der Waals surface area contributed by atoms with Crippen LogP contribution in [-0.4, -0.2) is 16.3 Å². The van der Waals surface area contributed by atoms with Crippen molar-refractivity contribution in [2.45, 2.75) is 45.6 Å². The number of phenols is 1. The summed E-state index contributed by atoms with van der Waals surface area (Å²) in [7, 11) is 0. The Balaban J connectivity index is 1.87. The Hall–Kier alpha value is -1.54. The zero-order valence-electron chi connectivity index (χ0n) is 12.7. The number of aliphatic hydroxyl groups is 1. The molecule has 2 nitrogen and oxygen atoms in total. The van der Waals surface area contributed by atoms with Crippen molar-refractivity contribution in [2.75, 3.05) is 0 Å². The van der Waals surface area contributed by atoms with Crippen molar-refractivity contribution in [2.24, 2.45) is 11.3 Å². The van der Waals surface area contributed by atoms with Crippen LogP contribution in [0.15, 0.2) is 35.4 Å². The predicted molar refractivity (Wildman–Crippen MR) is 83.9 cm³/mol. The zero-order chi connectivity index (χ0) is 14.8. The second-order valence-electron chi connectivity index (χ2n) is 7.14. The molecule has 0 heterocycles. The fourth-order valence-corrected chi connectivity index (χ4v) is 4.87. The van der Waals surface area contributed by atoms with Gasteiger partial charge in [0.25, 0.3) is 0 Å². The van der Waals surface area contributed by atoms with Crippen LogP contribution in [0.3, 0.4) is 0 Å². The van der Waals surface area contributed by atoms with Crippen molar-refractivity contribution in [3.8, 4) is 5.75 Å². The molecule has 0 unspecified atom stereocenters. The first-order chi connectivity index (χ1) is 10.0. The van der Waals surface area contributed by atoms with Crippen LogP contribution in [0.1, 0.15) is 44.2 Å². The molecule has 110 valence electrons. The number of hydrogen-bond acceptors (Lipinski definition) is 2. The van der Waals surface area contributed by atoms with Gasteiger partial charge in [-0.3, -0.25) is 0 Å². The Kier molecular flexibility index (Phi) is 2.65. The van der Waals surface area contributed by atoms with Gasteiger partial charge in [0.2, 0.25) is 0 Å². The number of aromatic hydroxyl groups is 1. The second kappa shape index (κ2) is 4.23. The van der Waals surface area contributed by atoms with E-state index in [0.717, 1.165) is 25.7 Å². The van der Waals surface area contributed by atoms with Gasteiger partial charge in [0.05, 0.1) is 6.10 Å². The normalized spacial score (nSPS) is 34.1. The molecule has 1 aromatic rings. The molecule has 4 rings (SSSR count). The largest absolute Gasteiger partial charge is 0.508 e. The lowest BCUT2D eigenvalue weighted by molar-refractivity contribution is 0.0546. The van der Waals surface area contributed by atoms with Gasteiger partial charge in [-0.1, -0.05) is 30.2 Å². The van der Waals surface area contributed by atoms with Crippen LogP contribution in [0.4, 0.5) is 0 Å². The first-order valence-corrected chi connectivity index (χ1v) is 7.91. The number of benzene rings is 1. The predicted octanol–water partition coefficient (Wildman–Crippen LogP) is 3.83. The number of aryl methyl sites for hydroxylation is 1. The fourth-order valence-electron chi connectivity index (χ4n) is 4.87. The number of phenolic OH excluding ortho intramolecular Hbond substituents is 1. The molecule has 0 aromatic heterocycles. The quantitative estimate of drug-likeness (QED) is 0.710. The van der Waals surface area contributed by atoms with E-state index in [9.17, 15) is 10.2 Å². The van der Waals surface area contributed by atoms with E-state index in [1.807, 2.05) is 6.07 Å². The minimum Gasteiger partial charge on any atom is -0.508 e. The van der Waals surface area contributed by atoms with Crippen molar-refractivity contribution < 1.29 is 10.2 Å². The van der Waals surface area contributed by atoms with Crippen LogP contribution in [0.5, 0.6) is 5.75 Å². The molecule has 0 bridgehead atoms. The topological polar surface area (TPSA) is 40.5 Å². The Bertz CT molecular complexity index is 683. The van der Waals surface area contributed by atoms with E-state index in [2.05, 4.69) is 26.0 Å². The smallest absolute Gasteiger partial charge is 0.115 e. The summed E-state index contributed by atoms with van der Waals surface area (Å²) >= 11 is 0. The van der Waals surface area contributed by atoms with E-state index in [4.69, 9.17) is 0 Å². The van der Waals surface area contributed by atoms with Crippen molar-refractivity contribution in [3.63, 3.8) is 0 Å². The standard InChI is InChI=1S/C19H22O2/c1-11-9-17(21)19(2)8-7-15-14-6-4-13(20)10-12(14)3-5-16(15)18(11)19/h4,6,9-10,17-18,20-21H,3,5,7-8H2,1-2H3/t17-,18+,19-/m1/s1. The third-order valence-corrected chi connectivity index (χ3v) is 5.94. The van der Waals surface area contributed by atoms with E-state index < -0.39 is 0 Å². The summed E-state index contributed by atoms with van der Waals surface area (Å²) in [6, 6.07) is 5.79. The first-order valence-electron chi connectivity index (χ1n) is 7.91. The van der Waals surface area contributed by atoms with Gasteiger partial charge < -0.3 is 10.2 Å². The SMILES string of the molecule is CC1=C[C@@H](O)[C@@]2(C)CCC3=C(CCc4cc(O)ccc43)[C@H]12. The molecule has 0 saturated carbocycles. The summed E-state index contributed by atoms with van der Waals surface area (Å²) in [6.07, 6.45) is 5.89. The monoisotopic (exact) mass is 282 g/mol. The maximum atomic E-state index is 10.4. The molecule has 2 N–H and O–H groups in total. The summed E-state index contributed by atoms with van der Waals surface area (Å²) in [5, 5.41) is 20.1. The molecular weight excluding hydrogens is 260 g/mol. The minimum atomic E-state index is -0.308. The Morgan fingerprint density at radius 2 is 2.00 bits per heavy atom. The van der Waals surface area contributed by atoms with Gasteiger partial charge in [0.1, 0.15) is 5.75 Å². The molecule has 3 aliphatic carbocycles. The van der Waals surface area contributed by atoms with Crippen molar-refractivity contribution in [3.05, 3.63) is 46.5 Å². The van der Waals surface area contributed by atoms with Crippen LogP contribution in [0, 0.1) is 11.3 Å². The molecule has 3 atom stereocenters. The summed E-state index contributed by atoms with van der Waals surface area (Å²) in [6.45, 7) is 4.41. The van der Waals surface area contributed by atoms with E-state index >= 15 is 0 Å². The van der Waals surface area contributed by atoms with Gasteiger partial charge in [-0.25, -0.2) is 0 Å². The van der Waals surface area contributed by atoms with Crippen molar-refractivity contribution in [1.29, 1.82) is 0 Å². The number of aliphatic hydroxyl groups excluding tert-OH is 1. The van der Waals surface area contributed by atoms with Gasteiger partial charge in [-0.05, 0) is 61.4 Å². The molecule has 0 spiro atoms. The third kappa shape index (κ3) is 1.69. The lowest BCUT2D eigenvalue weighted by Gasteiger charge is -2.44. The van der Waals surface area contributed by atoms with Crippen molar-refractivity contribution >= 4 is 5.57 Å². The van der Waals surface area contributed by atoms with Crippen molar-refractivity contribution in [1.82, 2.24) is 0 Å². The average Bonchev–Trinajstić information content (AvgIpc) is 2.68.